The third-order valence-corrected chi connectivity index (χ3v) is 5.77. The molecule has 1 N–H and O–H groups in total. The second-order valence-corrected chi connectivity index (χ2v) is 7.86. The van der Waals surface area contributed by atoms with E-state index < -0.39 is 0 Å². The fraction of sp³-hybridized carbons (Fsp3) is 0.280. The number of hydrogen-bond acceptors (Lipinski definition) is 3. The molecule has 2 heterocycles. The second kappa shape index (κ2) is 8.98. The minimum atomic E-state index is -0.179. The van der Waals surface area contributed by atoms with Crippen LogP contribution in [0.2, 0.25) is 0 Å². The van der Waals surface area contributed by atoms with Gasteiger partial charge >= 0.3 is 0 Å². The molecule has 0 aliphatic carbocycles. The van der Waals surface area contributed by atoms with Gasteiger partial charge in [0, 0.05) is 37.6 Å². The van der Waals surface area contributed by atoms with Gasteiger partial charge < -0.3 is 9.88 Å². The van der Waals surface area contributed by atoms with E-state index in [1.807, 2.05) is 41.8 Å². The molecule has 0 unspecified atom stereocenters. The summed E-state index contributed by atoms with van der Waals surface area (Å²) in [6, 6.07) is 22.4. The van der Waals surface area contributed by atoms with Gasteiger partial charge in [-0.05, 0) is 43.0 Å². The van der Waals surface area contributed by atoms with Gasteiger partial charge in [-0.1, -0.05) is 48.5 Å². The van der Waals surface area contributed by atoms with E-state index in [4.69, 9.17) is 0 Å². The summed E-state index contributed by atoms with van der Waals surface area (Å²) in [4.78, 5) is 15.6. The highest BCUT2D eigenvalue weighted by atomic mass is 16.2. The van der Waals surface area contributed by atoms with Crippen LogP contribution in [0, 0.1) is 18.3 Å². The van der Waals surface area contributed by atoms with E-state index in [9.17, 15) is 10.1 Å². The summed E-state index contributed by atoms with van der Waals surface area (Å²) in [6.45, 7) is 4.84. The number of aryl methyl sites for hydroxylation is 1. The highest BCUT2D eigenvalue weighted by molar-refractivity contribution is 5.96. The molecule has 2 aromatic carbocycles. The zero-order chi connectivity index (χ0) is 20.9. The van der Waals surface area contributed by atoms with Crippen LogP contribution in [0.1, 0.15) is 40.0 Å². The van der Waals surface area contributed by atoms with Gasteiger partial charge in [0.15, 0.2) is 0 Å². The van der Waals surface area contributed by atoms with Crippen molar-refractivity contribution < 1.29 is 4.79 Å². The first kappa shape index (κ1) is 19.9. The van der Waals surface area contributed by atoms with Crippen LogP contribution in [0.4, 0.5) is 0 Å². The van der Waals surface area contributed by atoms with E-state index in [2.05, 4.69) is 40.6 Å². The van der Waals surface area contributed by atoms with Crippen molar-refractivity contribution in [2.75, 3.05) is 13.1 Å². The molecule has 4 rings (SSSR count). The summed E-state index contributed by atoms with van der Waals surface area (Å²) in [6.07, 6.45) is 3.62. The molecule has 0 bridgehead atoms. The number of likely N-dealkylation sites (tertiary alicyclic amines) is 1. The summed E-state index contributed by atoms with van der Waals surface area (Å²) < 4.78 is 1.83. The predicted molar refractivity (Wildman–Crippen MR) is 117 cm³/mol. The van der Waals surface area contributed by atoms with Crippen molar-refractivity contribution in [3.63, 3.8) is 0 Å². The number of amides is 1. The molecule has 0 atom stereocenters. The van der Waals surface area contributed by atoms with Crippen LogP contribution in [0.5, 0.6) is 0 Å². The minimum absolute atomic E-state index is 0.122. The van der Waals surface area contributed by atoms with Gasteiger partial charge in [-0.2, -0.15) is 5.26 Å². The quantitative estimate of drug-likeness (QED) is 0.705. The van der Waals surface area contributed by atoms with Gasteiger partial charge in [0.2, 0.25) is 0 Å². The Morgan fingerprint density at radius 3 is 2.47 bits per heavy atom. The Labute approximate surface area is 177 Å². The molecule has 30 heavy (non-hydrogen) atoms. The monoisotopic (exact) mass is 398 g/mol. The predicted octanol–water partition coefficient (Wildman–Crippen LogP) is 4.05. The lowest BCUT2D eigenvalue weighted by Gasteiger charge is -2.32. The lowest BCUT2D eigenvalue weighted by Crippen LogP contribution is -2.44. The third kappa shape index (κ3) is 4.29. The molecule has 5 heteroatoms. The highest BCUT2D eigenvalue weighted by Gasteiger charge is 2.25. The molecule has 1 aliphatic heterocycles. The van der Waals surface area contributed by atoms with Crippen molar-refractivity contribution in [1.82, 2.24) is 14.8 Å². The van der Waals surface area contributed by atoms with Crippen LogP contribution in [0.25, 0.3) is 5.69 Å². The van der Waals surface area contributed by atoms with Crippen molar-refractivity contribution >= 4 is 5.91 Å². The maximum atomic E-state index is 13.1. The van der Waals surface area contributed by atoms with E-state index in [-0.39, 0.29) is 11.9 Å². The van der Waals surface area contributed by atoms with E-state index >= 15 is 0 Å². The molecule has 1 fully saturated rings. The number of rotatable bonds is 5. The molecule has 1 saturated heterocycles. The smallest absolute Gasteiger partial charge is 0.269 e. The standard InChI is InChI=1S/C25H26N4O/c1-19-7-5-6-10-23(19)29-16-11-21(17-26)24(29)25(30)27-22-12-14-28(15-13-22)18-20-8-3-2-4-9-20/h2-11,16,22H,12-15,18H2,1H3,(H,27,30). The number of carbonyl (C=O) groups is 1. The molecule has 3 aromatic rings. The Morgan fingerprint density at radius 2 is 1.77 bits per heavy atom. The van der Waals surface area contributed by atoms with Gasteiger partial charge in [0.05, 0.1) is 5.56 Å². The van der Waals surface area contributed by atoms with Crippen LogP contribution in [0.15, 0.2) is 66.9 Å². The van der Waals surface area contributed by atoms with Crippen molar-refractivity contribution in [3.05, 3.63) is 89.2 Å². The summed E-state index contributed by atoms with van der Waals surface area (Å²) in [7, 11) is 0. The van der Waals surface area contributed by atoms with Gasteiger partial charge in [-0.3, -0.25) is 9.69 Å². The molecule has 0 radical (unpaired) electrons. The average Bonchev–Trinajstić information content (AvgIpc) is 3.20. The molecule has 152 valence electrons. The van der Waals surface area contributed by atoms with Crippen molar-refractivity contribution in [2.24, 2.45) is 0 Å². The molecule has 1 aliphatic rings. The van der Waals surface area contributed by atoms with Crippen molar-refractivity contribution in [2.45, 2.75) is 32.4 Å². The van der Waals surface area contributed by atoms with Crippen LogP contribution in [0.3, 0.4) is 0 Å². The summed E-state index contributed by atoms with van der Waals surface area (Å²) in [5.41, 5.74) is 4.10. The highest BCUT2D eigenvalue weighted by Crippen LogP contribution is 2.21. The van der Waals surface area contributed by atoms with E-state index in [1.54, 1.807) is 12.3 Å². The van der Waals surface area contributed by atoms with E-state index in [1.165, 1.54) is 5.56 Å². The fourth-order valence-electron chi connectivity index (χ4n) is 4.12. The van der Waals surface area contributed by atoms with Crippen LogP contribution < -0.4 is 5.32 Å². The first-order valence-corrected chi connectivity index (χ1v) is 10.4. The fourth-order valence-corrected chi connectivity index (χ4v) is 4.12. The molecule has 1 amide bonds. The molecular weight excluding hydrogens is 372 g/mol. The molecule has 0 spiro atoms. The first-order valence-electron chi connectivity index (χ1n) is 10.4. The Kier molecular flexibility index (Phi) is 5.97. The maximum absolute atomic E-state index is 13.1. The van der Waals surface area contributed by atoms with Crippen molar-refractivity contribution in [1.29, 1.82) is 5.26 Å². The molecule has 0 saturated carbocycles. The summed E-state index contributed by atoms with van der Waals surface area (Å²) in [5.74, 6) is -0.179. The number of piperidine rings is 1. The zero-order valence-corrected chi connectivity index (χ0v) is 17.2. The molecule has 5 nitrogen and oxygen atoms in total. The third-order valence-electron chi connectivity index (χ3n) is 5.77. The topological polar surface area (TPSA) is 61.1 Å². The number of carbonyl (C=O) groups excluding carboxylic acids is 1. The average molecular weight is 399 g/mol. The largest absolute Gasteiger partial charge is 0.348 e. The first-order chi connectivity index (χ1) is 14.7. The van der Waals surface area contributed by atoms with Gasteiger partial charge in [0.1, 0.15) is 11.8 Å². The SMILES string of the molecule is Cc1ccccc1-n1ccc(C#N)c1C(=O)NC1CCN(Cc2ccccc2)CC1. The number of nitriles is 1. The van der Waals surface area contributed by atoms with Crippen LogP contribution >= 0.6 is 0 Å². The Bertz CT molecular complexity index is 1060. The normalized spacial score (nSPS) is 14.9. The molecular formula is C25H26N4O. The number of benzene rings is 2. The summed E-state index contributed by atoms with van der Waals surface area (Å²) >= 11 is 0. The Hall–Kier alpha value is -3.36. The van der Waals surface area contributed by atoms with Gasteiger partial charge in [-0.15, -0.1) is 0 Å². The van der Waals surface area contributed by atoms with Crippen LogP contribution in [-0.4, -0.2) is 34.5 Å². The zero-order valence-electron chi connectivity index (χ0n) is 17.2. The second-order valence-electron chi connectivity index (χ2n) is 7.86. The molecule has 1 aromatic heterocycles. The Morgan fingerprint density at radius 1 is 1.07 bits per heavy atom. The maximum Gasteiger partial charge on any atom is 0.269 e. The number of aromatic nitrogens is 1. The van der Waals surface area contributed by atoms with Gasteiger partial charge in [-0.25, -0.2) is 0 Å². The lowest BCUT2D eigenvalue weighted by molar-refractivity contribution is 0.0902. The number of para-hydroxylation sites is 1. The minimum Gasteiger partial charge on any atom is -0.348 e. The number of nitrogens with one attached hydrogen (secondary N) is 1. The Balaban J connectivity index is 1.43. The number of nitrogens with zero attached hydrogens (tertiary/aromatic N) is 3. The van der Waals surface area contributed by atoms with Crippen molar-refractivity contribution in [3.8, 4) is 11.8 Å². The van der Waals surface area contributed by atoms with Gasteiger partial charge in [0.25, 0.3) is 5.91 Å². The summed E-state index contributed by atoms with van der Waals surface area (Å²) in [5, 5.41) is 12.7. The lowest BCUT2D eigenvalue weighted by atomic mass is 10.0. The van der Waals surface area contributed by atoms with E-state index in [0.29, 0.717) is 11.3 Å². The van der Waals surface area contributed by atoms with E-state index in [0.717, 1.165) is 43.7 Å². The van der Waals surface area contributed by atoms with Crippen LogP contribution in [-0.2, 0) is 6.54 Å². The number of hydrogen-bond donors (Lipinski definition) is 1.